The Balaban J connectivity index is 2.70. The van der Waals surface area contributed by atoms with Gasteiger partial charge in [0.2, 0.25) is 0 Å². The molecule has 0 aliphatic heterocycles. The molecule has 0 fully saturated rings. The lowest BCUT2D eigenvalue weighted by Gasteiger charge is -1.94. The fourth-order valence-corrected chi connectivity index (χ4v) is 1.70. The van der Waals surface area contributed by atoms with Crippen molar-refractivity contribution in [3.8, 4) is 0 Å². The molecular weight excluding hydrogens is 190 g/mol. The van der Waals surface area contributed by atoms with E-state index in [9.17, 15) is 0 Å². The maximum absolute atomic E-state index is 5.51. The molecule has 0 radical (unpaired) electrons. The third-order valence-electron chi connectivity index (χ3n) is 1.41. The molecule has 12 heavy (non-hydrogen) atoms. The molecule has 0 aliphatic carbocycles. The van der Waals surface area contributed by atoms with Crippen LogP contribution >= 0.6 is 22.9 Å². The number of allylic oxidation sites excluding steroid dienone is 1. The van der Waals surface area contributed by atoms with Gasteiger partial charge in [0.05, 0.1) is 10.7 Å². The maximum Gasteiger partial charge on any atom is 0.0957 e. The van der Waals surface area contributed by atoms with Crippen LogP contribution in [0.3, 0.4) is 0 Å². The largest absolute Gasteiger partial charge is 0.242 e. The molecule has 0 bridgehead atoms. The minimum atomic E-state index is 0.521. The number of thiazole rings is 1. The first-order valence-corrected chi connectivity index (χ1v) is 5.33. The third-order valence-corrected chi connectivity index (χ3v) is 2.75. The van der Waals surface area contributed by atoms with Gasteiger partial charge < -0.3 is 0 Å². The quantitative estimate of drug-likeness (QED) is 0.682. The SMILES string of the molecule is CC(C)c1nc(/C=C/CCl)cs1. The van der Waals surface area contributed by atoms with Crippen LogP contribution in [-0.4, -0.2) is 10.9 Å². The second-order valence-electron chi connectivity index (χ2n) is 2.82. The van der Waals surface area contributed by atoms with Crippen LogP contribution in [0, 0.1) is 0 Å². The van der Waals surface area contributed by atoms with Crippen molar-refractivity contribution in [3.05, 3.63) is 22.2 Å². The Morgan fingerprint density at radius 2 is 2.42 bits per heavy atom. The van der Waals surface area contributed by atoms with E-state index in [0.717, 1.165) is 5.69 Å². The highest BCUT2D eigenvalue weighted by atomic mass is 35.5. The first-order chi connectivity index (χ1) is 5.74. The van der Waals surface area contributed by atoms with E-state index in [1.165, 1.54) is 5.01 Å². The van der Waals surface area contributed by atoms with Crippen molar-refractivity contribution in [2.24, 2.45) is 0 Å². The average Bonchev–Trinajstić information content (AvgIpc) is 2.48. The van der Waals surface area contributed by atoms with Crippen molar-refractivity contribution in [2.75, 3.05) is 5.88 Å². The number of rotatable bonds is 3. The molecule has 3 heteroatoms. The standard InChI is InChI=1S/C9H12ClNS/c1-7(2)9-11-8(6-12-9)4-3-5-10/h3-4,6-7H,5H2,1-2H3/b4-3+. The minimum Gasteiger partial charge on any atom is -0.242 e. The summed E-state index contributed by atoms with van der Waals surface area (Å²) in [5, 5.41) is 3.24. The van der Waals surface area contributed by atoms with Crippen molar-refractivity contribution >= 4 is 29.0 Å². The first-order valence-electron chi connectivity index (χ1n) is 3.92. The third kappa shape index (κ3) is 2.61. The van der Waals surface area contributed by atoms with Crippen LogP contribution in [0.1, 0.15) is 30.5 Å². The van der Waals surface area contributed by atoms with Crippen LogP contribution in [0.2, 0.25) is 0 Å². The lowest BCUT2D eigenvalue weighted by Crippen LogP contribution is -1.84. The summed E-state index contributed by atoms with van der Waals surface area (Å²) < 4.78 is 0. The van der Waals surface area contributed by atoms with Gasteiger partial charge in [-0.1, -0.05) is 19.9 Å². The van der Waals surface area contributed by atoms with E-state index in [-0.39, 0.29) is 0 Å². The van der Waals surface area contributed by atoms with Crippen LogP contribution < -0.4 is 0 Å². The van der Waals surface area contributed by atoms with E-state index in [4.69, 9.17) is 11.6 Å². The van der Waals surface area contributed by atoms with Gasteiger partial charge in [-0.3, -0.25) is 0 Å². The zero-order chi connectivity index (χ0) is 8.97. The molecule has 0 aliphatic rings. The van der Waals surface area contributed by atoms with E-state index in [1.54, 1.807) is 11.3 Å². The van der Waals surface area contributed by atoms with Crippen molar-refractivity contribution in [2.45, 2.75) is 19.8 Å². The molecule has 1 nitrogen and oxygen atoms in total. The molecule has 0 amide bonds. The van der Waals surface area contributed by atoms with E-state index in [2.05, 4.69) is 24.2 Å². The Labute approximate surface area is 82.1 Å². The van der Waals surface area contributed by atoms with Gasteiger partial charge in [-0.15, -0.1) is 22.9 Å². The zero-order valence-corrected chi connectivity index (χ0v) is 8.82. The molecule has 1 aromatic heterocycles. The average molecular weight is 202 g/mol. The van der Waals surface area contributed by atoms with Gasteiger partial charge in [-0.25, -0.2) is 4.98 Å². The number of nitrogens with zero attached hydrogens (tertiary/aromatic N) is 1. The molecule has 1 aromatic rings. The fourth-order valence-electron chi connectivity index (χ4n) is 0.808. The summed E-state index contributed by atoms with van der Waals surface area (Å²) in [6.45, 7) is 4.29. The number of hydrogen-bond donors (Lipinski definition) is 0. The Hall–Kier alpha value is -0.340. The summed E-state index contributed by atoms with van der Waals surface area (Å²) in [6.07, 6.45) is 3.86. The van der Waals surface area contributed by atoms with E-state index in [1.807, 2.05) is 12.2 Å². The minimum absolute atomic E-state index is 0.521. The molecule has 0 N–H and O–H groups in total. The van der Waals surface area contributed by atoms with E-state index < -0.39 is 0 Å². The summed E-state index contributed by atoms with van der Waals surface area (Å²) in [7, 11) is 0. The highest BCUT2D eigenvalue weighted by molar-refractivity contribution is 7.09. The second-order valence-corrected chi connectivity index (χ2v) is 4.02. The Kier molecular flexibility index (Phi) is 3.76. The van der Waals surface area contributed by atoms with Crippen LogP contribution in [0.15, 0.2) is 11.5 Å². The number of aromatic nitrogens is 1. The molecular formula is C9H12ClNS. The summed E-state index contributed by atoms with van der Waals surface area (Å²) in [6, 6.07) is 0. The fraction of sp³-hybridized carbons (Fsp3) is 0.444. The molecule has 0 aromatic carbocycles. The molecule has 0 atom stereocenters. The lowest BCUT2D eigenvalue weighted by atomic mass is 10.2. The highest BCUT2D eigenvalue weighted by Gasteiger charge is 2.02. The van der Waals surface area contributed by atoms with Crippen LogP contribution in [0.5, 0.6) is 0 Å². The predicted octanol–water partition coefficient (Wildman–Crippen LogP) is 3.52. The number of hydrogen-bond acceptors (Lipinski definition) is 2. The van der Waals surface area contributed by atoms with Gasteiger partial charge in [0, 0.05) is 17.2 Å². The van der Waals surface area contributed by atoms with Gasteiger partial charge in [0.1, 0.15) is 0 Å². The Morgan fingerprint density at radius 1 is 1.67 bits per heavy atom. The lowest BCUT2D eigenvalue weighted by molar-refractivity contribution is 0.851. The molecule has 0 unspecified atom stereocenters. The first kappa shape index (κ1) is 9.75. The van der Waals surface area contributed by atoms with Gasteiger partial charge in [-0.05, 0) is 6.08 Å². The zero-order valence-electron chi connectivity index (χ0n) is 7.25. The molecule has 1 heterocycles. The van der Waals surface area contributed by atoms with Crippen molar-refractivity contribution in [1.29, 1.82) is 0 Å². The van der Waals surface area contributed by atoms with Crippen LogP contribution in [0.25, 0.3) is 6.08 Å². The van der Waals surface area contributed by atoms with Crippen molar-refractivity contribution in [3.63, 3.8) is 0 Å². The Morgan fingerprint density at radius 3 is 2.92 bits per heavy atom. The number of halogens is 1. The topological polar surface area (TPSA) is 12.9 Å². The predicted molar refractivity (Wildman–Crippen MR) is 56.0 cm³/mol. The number of alkyl halides is 1. The summed E-state index contributed by atoms with van der Waals surface area (Å²) in [5.41, 5.74) is 1.02. The Bertz CT molecular complexity index is 265. The van der Waals surface area contributed by atoms with Gasteiger partial charge >= 0.3 is 0 Å². The van der Waals surface area contributed by atoms with E-state index in [0.29, 0.717) is 11.8 Å². The molecule has 0 spiro atoms. The van der Waals surface area contributed by atoms with Gasteiger partial charge in [0.15, 0.2) is 0 Å². The monoisotopic (exact) mass is 201 g/mol. The van der Waals surface area contributed by atoms with Crippen LogP contribution in [0.4, 0.5) is 0 Å². The van der Waals surface area contributed by atoms with Gasteiger partial charge in [0.25, 0.3) is 0 Å². The molecule has 0 saturated heterocycles. The van der Waals surface area contributed by atoms with Crippen molar-refractivity contribution < 1.29 is 0 Å². The summed E-state index contributed by atoms with van der Waals surface area (Å²) in [5.74, 6) is 1.07. The van der Waals surface area contributed by atoms with E-state index >= 15 is 0 Å². The maximum atomic E-state index is 5.51. The summed E-state index contributed by atoms with van der Waals surface area (Å²) >= 11 is 7.21. The highest BCUT2D eigenvalue weighted by Crippen LogP contribution is 2.19. The van der Waals surface area contributed by atoms with Crippen molar-refractivity contribution in [1.82, 2.24) is 4.98 Å². The molecule has 1 rings (SSSR count). The van der Waals surface area contributed by atoms with Crippen LogP contribution in [-0.2, 0) is 0 Å². The van der Waals surface area contributed by atoms with Gasteiger partial charge in [-0.2, -0.15) is 0 Å². The summed E-state index contributed by atoms with van der Waals surface area (Å²) in [4.78, 5) is 4.42. The molecule has 0 saturated carbocycles. The smallest absolute Gasteiger partial charge is 0.0957 e. The normalized spacial score (nSPS) is 11.7. The second kappa shape index (κ2) is 4.63. The molecule has 66 valence electrons.